The van der Waals surface area contributed by atoms with E-state index in [1.165, 1.54) is 0 Å². The average Bonchev–Trinajstić information content (AvgIpc) is 2.59. The number of nitrogens with one attached hydrogen (secondary N) is 1. The van der Waals surface area contributed by atoms with Gasteiger partial charge in [0, 0.05) is 11.0 Å². The molecule has 2 aliphatic carbocycles. The fourth-order valence-corrected chi connectivity index (χ4v) is 5.19. The van der Waals surface area contributed by atoms with Crippen molar-refractivity contribution in [2.75, 3.05) is 5.32 Å². The van der Waals surface area contributed by atoms with E-state index in [4.69, 9.17) is 0 Å². The quantitative estimate of drug-likeness (QED) is 0.503. The number of fused-ring (bicyclic) bond motifs is 2. The van der Waals surface area contributed by atoms with E-state index < -0.39 is 0 Å². The average molecular weight is 340 g/mol. The Hall–Kier alpha value is -1.94. The minimum Gasteiger partial charge on any atom is -0.475 e. The van der Waals surface area contributed by atoms with E-state index in [0.29, 0.717) is 17.7 Å². The first-order valence-corrected chi connectivity index (χ1v) is 8.96. The van der Waals surface area contributed by atoms with E-state index in [1.54, 1.807) is 6.07 Å². The summed E-state index contributed by atoms with van der Waals surface area (Å²) in [6.07, 6.45) is 4.62. The Morgan fingerprint density at radius 3 is 2.68 bits per heavy atom. The van der Waals surface area contributed by atoms with Crippen LogP contribution in [-0.2, 0) is 10.2 Å². The highest BCUT2D eigenvalue weighted by atomic mass is 16.1. The summed E-state index contributed by atoms with van der Waals surface area (Å²) < 4.78 is 0. The summed E-state index contributed by atoms with van der Waals surface area (Å²) in [4.78, 5) is 24.6. The predicted molar refractivity (Wildman–Crippen MR) is 99.1 cm³/mol. The largest absolute Gasteiger partial charge is 0.475 e. The van der Waals surface area contributed by atoms with Gasteiger partial charge in [0.1, 0.15) is 0 Å². The molecular formula is C21H28N2O2. The molecule has 0 heterocycles. The van der Waals surface area contributed by atoms with Crippen LogP contribution in [0.1, 0.15) is 49.5 Å². The van der Waals surface area contributed by atoms with Crippen LogP contribution in [0.3, 0.4) is 0 Å². The van der Waals surface area contributed by atoms with Crippen LogP contribution in [0.4, 0.5) is 5.69 Å². The summed E-state index contributed by atoms with van der Waals surface area (Å²) in [6, 6.07) is 5.80. The number of rotatable bonds is 4. The van der Waals surface area contributed by atoms with Crippen LogP contribution in [-0.4, -0.2) is 18.2 Å². The number of carbonyl (C=O) groups excluding carboxylic acids is 2. The molecule has 4 unspecified atom stereocenters. The van der Waals surface area contributed by atoms with Crippen LogP contribution in [0.25, 0.3) is 0 Å². The van der Waals surface area contributed by atoms with Gasteiger partial charge in [-0.05, 0) is 35.8 Å². The van der Waals surface area contributed by atoms with Crippen molar-refractivity contribution >= 4 is 17.9 Å². The molecule has 0 spiro atoms. The number of Topliss-reactive ketones (excluding diaryl/α,β-unsaturated/α-hetero) is 1. The lowest BCUT2D eigenvalue weighted by atomic mass is 9.50. The molecule has 0 bridgehead atoms. The van der Waals surface area contributed by atoms with Crippen LogP contribution in [0, 0.1) is 24.3 Å². The van der Waals surface area contributed by atoms with Gasteiger partial charge in [0.15, 0.2) is 5.78 Å². The summed E-state index contributed by atoms with van der Waals surface area (Å²) in [7, 11) is 4.04. The van der Waals surface area contributed by atoms with Crippen molar-refractivity contribution in [1.29, 1.82) is 0 Å². The van der Waals surface area contributed by atoms with Gasteiger partial charge in [0.2, 0.25) is 6.41 Å². The van der Waals surface area contributed by atoms with Gasteiger partial charge in [-0.2, -0.15) is 7.05 Å². The molecule has 4 nitrogen and oxygen atoms in total. The molecule has 2 aliphatic rings. The van der Waals surface area contributed by atoms with Gasteiger partial charge < -0.3 is 10.6 Å². The van der Waals surface area contributed by atoms with E-state index in [0.717, 1.165) is 18.4 Å². The molecule has 4 atom stereocenters. The van der Waals surface area contributed by atoms with Gasteiger partial charge in [0.05, 0.1) is 17.6 Å². The van der Waals surface area contributed by atoms with Crippen molar-refractivity contribution in [2.24, 2.45) is 17.3 Å². The van der Waals surface area contributed by atoms with E-state index >= 15 is 0 Å². The summed E-state index contributed by atoms with van der Waals surface area (Å²) in [5.74, 6) is 0.253. The van der Waals surface area contributed by atoms with Crippen molar-refractivity contribution in [1.82, 2.24) is 0 Å². The van der Waals surface area contributed by atoms with Crippen molar-refractivity contribution in [3.63, 3.8) is 0 Å². The number of benzene rings is 1. The molecule has 1 amide bonds. The number of hydrogen-bond donors (Lipinski definition) is 2. The highest BCUT2D eigenvalue weighted by Crippen LogP contribution is 2.54. The van der Waals surface area contributed by atoms with Crippen LogP contribution >= 0.6 is 0 Å². The highest BCUT2D eigenvalue weighted by Gasteiger charge is 2.57. The molecule has 3 N–H and O–H groups in total. The molecule has 0 aliphatic heterocycles. The maximum absolute atomic E-state index is 13.6. The molecule has 4 heteroatoms. The molecule has 25 heavy (non-hydrogen) atoms. The third-order valence-electron chi connectivity index (χ3n) is 6.75. The summed E-state index contributed by atoms with van der Waals surface area (Å²) in [6.45, 7) is 10.6. The maximum Gasteiger partial charge on any atom is 0.211 e. The van der Waals surface area contributed by atoms with Crippen molar-refractivity contribution in [3.8, 4) is 0 Å². The standard InChI is InChI=1S/C21H28N2O2/c1-6-21(4)11-10-14-17(19(21)22-5)18(25)16-13(20(14,2)3)8-7-9-15(16)23-12-24/h6-9,12,14,17,19H,1,5,10-11,22H2,2-4H3,(H,23,24). The predicted octanol–water partition coefficient (Wildman–Crippen LogP) is 2.67. The Morgan fingerprint density at radius 2 is 2.08 bits per heavy atom. The first-order chi connectivity index (χ1) is 11.8. The number of anilines is 1. The number of ketones is 1. The lowest BCUT2D eigenvalue weighted by Crippen LogP contribution is -2.91. The van der Waals surface area contributed by atoms with Gasteiger partial charge in [-0.15, -0.1) is 6.58 Å². The summed E-state index contributed by atoms with van der Waals surface area (Å²) in [5.41, 5.74) is 2.05. The SMILES string of the molecule is C=CC1(C)CCC2C(C(=O)c3c(NC=O)cccc3C2(C)C)C1[NH2+][CH2-]. The lowest BCUT2D eigenvalue weighted by molar-refractivity contribution is -0.656. The smallest absolute Gasteiger partial charge is 0.211 e. The van der Waals surface area contributed by atoms with E-state index in [-0.39, 0.29) is 34.5 Å². The molecule has 1 aromatic rings. The van der Waals surface area contributed by atoms with Gasteiger partial charge in [-0.1, -0.05) is 39.0 Å². The van der Waals surface area contributed by atoms with E-state index in [1.807, 2.05) is 23.5 Å². The monoisotopic (exact) mass is 340 g/mol. The van der Waals surface area contributed by atoms with Gasteiger partial charge in [-0.3, -0.25) is 9.59 Å². The summed E-state index contributed by atoms with van der Waals surface area (Å²) in [5, 5.41) is 4.66. The molecular weight excluding hydrogens is 312 g/mol. The Balaban J connectivity index is 2.21. The minimum atomic E-state index is -0.141. The van der Waals surface area contributed by atoms with Crippen LogP contribution in [0.15, 0.2) is 30.9 Å². The van der Waals surface area contributed by atoms with E-state index in [2.05, 4.69) is 39.7 Å². The normalized spacial score (nSPS) is 33.1. The van der Waals surface area contributed by atoms with Crippen LogP contribution in [0.2, 0.25) is 0 Å². The first kappa shape index (κ1) is 17.9. The zero-order chi connectivity index (χ0) is 18.4. The molecule has 1 fully saturated rings. The fraction of sp³-hybridized carbons (Fsp3) is 0.476. The molecule has 3 rings (SSSR count). The Morgan fingerprint density at radius 1 is 1.36 bits per heavy atom. The second-order valence-electron chi connectivity index (χ2n) is 8.22. The molecule has 0 saturated heterocycles. The topological polar surface area (TPSA) is 62.8 Å². The van der Waals surface area contributed by atoms with Gasteiger partial charge >= 0.3 is 0 Å². The van der Waals surface area contributed by atoms with Crippen molar-refractivity contribution in [3.05, 3.63) is 49.0 Å². The number of carbonyl (C=O) groups is 2. The lowest BCUT2D eigenvalue weighted by Gasteiger charge is -2.54. The number of amides is 1. The molecule has 1 saturated carbocycles. The second-order valence-corrected chi connectivity index (χ2v) is 8.22. The molecule has 0 radical (unpaired) electrons. The number of hydrogen-bond acceptors (Lipinski definition) is 2. The Labute approximate surface area is 150 Å². The third-order valence-corrected chi connectivity index (χ3v) is 6.75. The molecule has 1 aromatic carbocycles. The van der Waals surface area contributed by atoms with Crippen molar-refractivity contribution in [2.45, 2.75) is 45.1 Å². The van der Waals surface area contributed by atoms with E-state index in [9.17, 15) is 9.59 Å². The molecule has 0 aromatic heterocycles. The first-order valence-electron chi connectivity index (χ1n) is 8.96. The fourth-order valence-electron chi connectivity index (χ4n) is 5.19. The highest BCUT2D eigenvalue weighted by molar-refractivity contribution is 6.07. The van der Waals surface area contributed by atoms with Gasteiger partial charge in [-0.25, -0.2) is 0 Å². The van der Waals surface area contributed by atoms with Crippen LogP contribution in [0.5, 0.6) is 0 Å². The Kier molecular flexibility index (Phi) is 4.36. The third kappa shape index (κ3) is 2.46. The zero-order valence-corrected chi connectivity index (χ0v) is 15.3. The second kappa shape index (κ2) is 6.10. The summed E-state index contributed by atoms with van der Waals surface area (Å²) >= 11 is 0. The maximum atomic E-state index is 13.6. The van der Waals surface area contributed by atoms with Crippen molar-refractivity contribution < 1.29 is 14.9 Å². The Bertz CT molecular complexity index is 725. The molecule has 134 valence electrons. The minimum absolute atomic E-state index is 0.0490. The number of nitrogens with two attached hydrogens (primary N) is 1. The van der Waals surface area contributed by atoms with Gasteiger partial charge in [0.25, 0.3) is 0 Å². The number of quaternary nitrogens is 1. The zero-order valence-electron chi connectivity index (χ0n) is 15.3. The van der Waals surface area contributed by atoms with Crippen LogP contribution < -0.4 is 10.6 Å².